The Bertz CT molecular complexity index is 1730. The van der Waals surface area contributed by atoms with Crippen molar-refractivity contribution in [2.45, 2.75) is 51.0 Å². The quantitative estimate of drug-likeness (QED) is 0.229. The Balaban J connectivity index is 1.29. The van der Waals surface area contributed by atoms with Gasteiger partial charge in [0.25, 0.3) is 5.91 Å². The van der Waals surface area contributed by atoms with Gasteiger partial charge in [0.15, 0.2) is 0 Å². The second-order valence-electron chi connectivity index (χ2n) is 11.4. The van der Waals surface area contributed by atoms with E-state index in [4.69, 9.17) is 37.7 Å². The van der Waals surface area contributed by atoms with E-state index in [1.54, 1.807) is 24.3 Å². The number of hydrogen-bond acceptors (Lipinski definition) is 6. The minimum Gasteiger partial charge on any atom is -0.490 e. The Morgan fingerprint density at radius 2 is 1.98 bits per heavy atom. The molecule has 0 bridgehead atoms. The molecule has 0 unspecified atom stereocenters. The summed E-state index contributed by atoms with van der Waals surface area (Å²) in [5.74, 6) is 0.100. The van der Waals surface area contributed by atoms with E-state index in [9.17, 15) is 14.3 Å². The van der Waals surface area contributed by atoms with Crippen LogP contribution in [0, 0.1) is 12.7 Å². The molecule has 4 aromatic rings. The van der Waals surface area contributed by atoms with Crippen LogP contribution in [0.5, 0.6) is 11.5 Å². The summed E-state index contributed by atoms with van der Waals surface area (Å²) < 4.78 is 26.0. The van der Waals surface area contributed by atoms with Gasteiger partial charge >= 0.3 is 0 Å². The molecule has 1 fully saturated rings. The molecule has 0 spiro atoms. The van der Waals surface area contributed by atoms with Crippen LogP contribution in [0.3, 0.4) is 0 Å². The first-order chi connectivity index (χ1) is 20.1. The summed E-state index contributed by atoms with van der Waals surface area (Å²) in [5, 5.41) is 14.4. The van der Waals surface area contributed by atoms with Gasteiger partial charge < -0.3 is 19.9 Å². The molecule has 2 aromatic heterocycles. The van der Waals surface area contributed by atoms with E-state index in [0.717, 1.165) is 23.8 Å². The zero-order valence-electron chi connectivity index (χ0n) is 23.4. The maximum atomic E-state index is 13.9. The maximum absolute atomic E-state index is 13.9. The first-order valence-electron chi connectivity index (χ1n) is 13.9. The number of ether oxygens (including phenoxy) is 2. The van der Waals surface area contributed by atoms with Crippen LogP contribution in [-0.4, -0.2) is 46.8 Å². The van der Waals surface area contributed by atoms with Gasteiger partial charge in [-0.15, -0.1) is 0 Å². The number of nitrogens with zero attached hydrogens (tertiary/aromatic N) is 2. The summed E-state index contributed by atoms with van der Waals surface area (Å²) in [5.41, 5.74) is 3.79. The molecule has 218 valence electrons. The van der Waals surface area contributed by atoms with Crippen LogP contribution in [0.25, 0.3) is 22.2 Å². The average Bonchev–Trinajstić information content (AvgIpc) is 3.73. The predicted octanol–water partition coefficient (Wildman–Crippen LogP) is 6.77. The number of amides is 1. The third kappa shape index (κ3) is 5.39. The largest absolute Gasteiger partial charge is 0.490 e. The van der Waals surface area contributed by atoms with Crippen molar-refractivity contribution in [3.63, 3.8) is 0 Å². The summed E-state index contributed by atoms with van der Waals surface area (Å²) in [4.78, 5) is 22.9. The Morgan fingerprint density at radius 3 is 2.69 bits per heavy atom. The number of aliphatic hydroxyl groups excluding tert-OH is 1. The molecule has 6 rings (SSSR count). The van der Waals surface area contributed by atoms with Gasteiger partial charge in [-0.1, -0.05) is 30.1 Å². The Labute approximate surface area is 253 Å². The highest BCUT2D eigenvalue weighted by molar-refractivity contribution is 6.32. The summed E-state index contributed by atoms with van der Waals surface area (Å²) >= 11 is 12.4. The van der Waals surface area contributed by atoms with Crippen LogP contribution in [0.4, 0.5) is 4.39 Å². The van der Waals surface area contributed by atoms with Gasteiger partial charge in [-0.2, -0.15) is 0 Å². The van der Waals surface area contributed by atoms with Gasteiger partial charge in [0.2, 0.25) is 0 Å². The smallest absolute Gasteiger partial charge is 0.251 e. The number of aryl methyl sites for hydroxylation is 1. The van der Waals surface area contributed by atoms with Gasteiger partial charge in [0.1, 0.15) is 35.1 Å². The molecule has 1 aliphatic heterocycles. The molecule has 1 aliphatic carbocycles. The van der Waals surface area contributed by atoms with E-state index >= 15 is 0 Å². The number of aromatic nitrogens is 2. The van der Waals surface area contributed by atoms with Crippen molar-refractivity contribution in [1.82, 2.24) is 15.3 Å². The number of carbonyl (C=O) groups is 1. The number of aliphatic hydroxyl groups is 1. The molecule has 2 aromatic carbocycles. The standard InChI is InChI=1S/C32H30Cl2FN3O4/c1-16(13-36-31(40)20-8-19-10-23(33)17(2)37-28(19)27(11-20)42-21-5-6-21)26-12-22-30(41-15-32(22,3)14-39)29(38-26)18-4-7-25(35)24(34)9-18/h4,7-12,16,21,39H,5-6,13-15H2,1-3H3,(H,36,40)/t16-,32+/m1/s1. The molecule has 2 N–H and O–H groups in total. The molecule has 1 saturated carbocycles. The minimum absolute atomic E-state index is 0.0243. The minimum atomic E-state index is -0.634. The molecule has 0 saturated heterocycles. The number of carbonyl (C=O) groups excluding carboxylic acids is 1. The highest BCUT2D eigenvalue weighted by Gasteiger charge is 2.39. The van der Waals surface area contributed by atoms with Crippen molar-refractivity contribution in [1.29, 1.82) is 0 Å². The lowest BCUT2D eigenvalue weighted by Gasteiger charge is -2.21. The summed E-state index contributed by atoms with van der Waals surface area (Å²) in [6, 6.07) is 11.6. The van der Waals surface area contributed by atoms with E-state index < -0.39 is 11.2 Å². The topological polar surface area (TPSA) is 93.6 Å². The van der Waals surface area contributed by atoms with Crippen molar-refractivity contribution in [2.75, 3.05) is 19.8 Å². The Morgan fingerprint density at radius 1 is 1.19 bits per heavy atom. The van der Waals surface area contributed by atoms with Gasteiger partial charge in [0, 0.05) is 40.2 Å². The zero-order valence-corrected chi connectivity index (χ0v) is 24.9. The molecule has 2 aliphatic rings. The van der Waals surface area contributed by atoms with Crippen LogP contribution < -0.4 is 14.8 Å². The number of benzene rings is 2. The lowest BCUT2D eigenvalue weighted by molar-refractivity contribution is 0.0951. The van der Waals surface area contributed by atoms with E-state index in [0.29, 0.717) is 50.2 Å². The Kier molecular flexibility index (Phi) is 7.50. The molecule has 3 heterocycles. The van der Waals surface area contributed by atoms with Crippen molar-refractivity contribution < 1.29 is 23.8 Å². The molecule has 42 heavy (non-hydrogen) atoms. The van der Waals surface area contributed by atoms with Crippen LogP contribution in [0.1, 0.15) is 59.9 Å². The maximum Gasteiger partial charge on any atom is 0.251 e. The van der Waals surface area contributed by atoms with Gasteiger partial charge in [-0.3, -0.25) is 4.79 Å². The van der Waals surface area contributed by atoms with Gasteiger partial charge in [-0.25, -0.2) is 14.4 Å². The number of rotatable bonds is 8. The molecule has 7 nitrogen and oxygen atoms in total. The predicted molar refractivity (Wildman–Crippen MR) is 160 cm³/mol. The van der Waals surface area contributed by atoms with Crippen LogP contribution >= 0.6 is 23.2 Å². The van der Waals surface area contributed by atoms with E-state index in [2.05, 4.69) is 10.3 Å². The monoisotopic (exact) mass is 609 g/mol. The summed E-state index contributed by atoms with van der Waals surface area (Å²) in [6.07, 6.45) is 2.08. The fraction of sp³-hybridized carbons (Fsp3) is 0.344. The fourth-order valence-electron chi connectivity index (χ4n) is 5.04. The highest BCUT2D eigenvalue weighted by Crippen LogP contribution is 2.45. The van der Waals surface area contributed by atoms with Crippen molar-refractivity contribution in [3.05, 3.63) is 80.8 Å². The molecule has 10 heteroatoms. The lowest BCUT2D eigenvalue weighted by atomic mass is 9.84. The molecular formula is C32H30Cl2FN3O4. The molecule has 1 amide bonds. The SMILES string of the molecule is Cc1nc2c(OC3CC3)cc(C(=O)NC[C@@H](C)c3cc4c(c(-c5ccc(F)c(Cl)c5)n3)OC[C@]4(C)CO)cc2cc1Cl. The van der Waals surface area contributed by atoms with E-state index in [1.165, 1.54) is 12.1 Å². The van der Waals surface area contributed by atoms with E-state index in [1.807, 2.05) is 26.8 Å². The number of pyridine rings is 2. The zero-order chi connectivity index (χ0) is 29.8. The van der Waals surface area contributed by atoms with Crippen LogP contribution in [0.2, 0.25) is 10.0 Å². The normalized spacial score (nSPS) is 18.5. The summed E-state index contributed by atoms with van der Waals surface area (Å²) in [6.45, 7) is 6.15. The third-order valence-corrected chi connectivity index (χ3v) is 8.56. The van der Waals surface area contributed by atoms with Crippen molar-refractivity contribution in [3.8, 4) is 22.8 Å². The third-order valence-electron chi connectivity index (χ3n) is 7.89. The van der Waals surface area contributed by atoms with Crippen LogP contribution in [-0.2, 0) is 5.41 Å². The second-order valence-corrected chi connectivity index (χ2v) is 12.3. The first kappa shape index (κ1) is 28.6. The number of halogens is 3. The number of nitrogens with one attached hydrogen (secondary N) is 1. The molecule has 2 atom stereocenters. The van der Waals surface area contributed by atoms with Crippen molar-refractivity contribution >= 4 is 40.0 Å². The number of hydrogen-bond donors (Lipinski definition) is 2. The van der Waals surface area contributed by atoms with Crippen LogP contribution in [0.15, 0.2) is 42.5 Å². The van der Waals surface area contributed by atoms with Crippen molar-refractivity contribution in [2.24, 2.45) is 0 Å². The average molecular weight is 611 g/mol. The second kappa shape index (κ2) is 11.0. The highest BCUT2D eigenvalue weighted by atomic mass is 35.5. The Hall–Kier alpha value is -3.46. The molecular weight excluding hydrogens is 580 g/mol. The lowest BCUT2D eigenvalue weighted by Crippen LogP contribution is -2.29. The fourth-order valence-corrected chi connectivity index (χ4v) is 5.38. The van der Waals surface area contributed by atoms with Gasteiger partial charge in [0.05, 0.1) is 33.9 Å². The summed E-state index contributed by atoms with van der Waals surface area (Å²) in [7, 11) is 0. The number of fused-ring (bicyclic) bond motifs is 2. The first-order valence-corrected chi connectivity index (χ1v) is 14.6. The van der Waals surface area contributed by atoms with E-state index in [-0.39, 0.29) is 42.7 Å². The van der Waals surface area contributed by atoms with Gasteiger partial charge in [-0.05, 0) is 69.2 Å². The molecule has 0 radical (unpaired) electrons.